The third kappa shape index (κ3) is 4.70. The zero-order valence-electron chi connectivity index (χ0n) is 11.6. The van der Waals surface area contributed by atoms with E-state index in [2.05, 4.69) is 10.3 Å². The molecule has 1 heterocycles. The Morgan fingerprint density at radius 3 is 3.00 bits per heavy atom. The Morgan fingerprint density at radius 1 is 1.52 bits per heavy atom. The van der Waals surface area contributed by atoms with E-state index < -0.39 is 0 Å². The minimum absolute atomic E-state index is 0.000380. The Balaban J connectivity index is 1.72. The topological polar surface area (TPSA) is 77.2 Å². The number of nitrogens with zero attached hydrogens (tertiary/aromatic N) is 1. The van der Waals surface area contributed by atoms with Crippen LogP contribution in [0.25, 0.3) is 0 Å². The highest BCUT2D eigenvalue weighted by molar-refractivity contribution is 7.09. The highest BCUT2D eigenvalue weighted by Gasteiger charge is 2.06. The first-order valence-corrected chi connectivity index (χ1v) is 7.63. The fourth-order valence-corrected chi connectivity index (χ4v) is 2.59. The van der Waals surface area contributed by atoms with E-state index in [1.54, 1.807) is 29.5 Å². The fraction of sp³-hybridized carbons (Fsp3) is 0.286. The third-order valence-electron chi connectivity index (χ3n) is 2.83. The summed E-state index contributed by atoms with van der Waals surface area (Å²) in [5.41, 5.74) is 9.52. The highest BCUT2D eigenvalue weighted by Crippen LogP contribution is 2.22. The number of aryl methyl sites for hydroxylation is 1. The summed E-state index contributed by atoms with van der Waals surface area (Å²) in [6.45, 7) is 2.45. The van der Waals surface area contributed by atoms with Crippen molar-refractivity contribution in [1.29, 1.82) is 0 Å². The molecule has 2 rings (SSSR count). The number of nitrogens with one attached hydrogen (secondary N) is 1. The minimum atomic E-state index is -0.224. The van der Waals surface area contributed by atoms with E-state index in [0.717, 1.165) is 12.1 Å². The van der Waals surface area contributed by atoms with Crippen LogP contribution in [0.2, 0.25) is 5.02 Å². The van der Waals surface area contributed by atoms with Crippen molar-refractivity contribution in [1.82, 2.24) is 4.98 Å². The van der Waals surface area contributed by atoms with Crippen LogP contribution in [0.1, 0.15) is 10.6 Å². The first-order valence-electron chi connectivity index (χ1n) is 6.38. The van der Waals surface area contributed by atoms with Gasteiger partial charge in [-0.25, -0.2) is 4.98 Å². The molecule has 0 radical (unpaired) electrons. The number of anilines is 2. The van der Waals surface area contributed by atoms with Crippen molar-refractivity contribution < 1.29 is 9.53 Å². The Morgan fingerprint density at radius 2 is 2.33 bits per heavy atom. The van der Waals surface area contributed by atoms with E-state index in [-0.39, 0.29) is 12.5 Å². The zero-order valence-corrected chi connectivity index (χ0v) is 13.1. The van der Waals surface area contributed by atoms with Gasteiger partial charge in [-0.2, -0.15) is 0 Å². The van der Waals surface area contributed by atoms with Crippen LogP contribution in [0, 0.1) is 6.92 Å². The second kappa shape index (κ2) is 7.40. The molecule has 0 aliphatic rings. The van der Waals surface area contributed by atoms with Gasteiger partial charge in [-0.1, -0.05) is 11.6 Å². The maximum Gasteiger partial charge on any atom is 0.250 e. The van der Waals surface area contributed by atoms with E-state index in [4.69, 9.17) is 22.1 Å². The minimum Gasteiger partial charge on any atom is -0.397 e. The van der Waals surface area contributed by atoms with Gasteiger partial charge in [0.15, 0.2) is 0 Å². The molecule has 0 saturated heterocycles. The summed E-state index contributed by atoms with van der Waals surface area (Å²) in [4.78, 5) is 17.1. The molecular formula is C14H16ClN3O2S. The van der Waals surface area contributed by atoms with Crippen LogP contribution in [0.3, 0.4) is 0 Å². The SMILES string of the molecule is Cc1ncsc1CCOCC(=O)Nc1ccc(Cl)c(N)c1. The molecule has 7 heteroatoms. The number of rotatable bonds is 6. The maximum absolute atomic E-state index is 11.7. The lowest BCUT2D eigenvalue weighted by Crippen LogP contribution is -2.19. The van der Waals surface area contributed by atoms with Crippen LogP contribution in [0.15, 0.2) is 23.7 Å². The Kier molecular flexibility index (Phi) is 5.55. The van der Waals surface area contributed by atoms with Gasteiger partial charge in [0.05, 0.1) is 28.5 Å². The van der Waals surface area contributed by atoms with Gasteiger partial charge < -0.3 is 15.8 Å². The van der Waals surface area contributed by atoms with Gasteiger partial charge in [-0.3, -0.25) is 4.79 Å². The van der Waals surface area contributed by atoms with Crippen molar-refractivity contribution in [3.05, 3.63) is 39.3 Å². The van der Waals surface area contributed by atoms with Crippen LogP contribution in [0.4, 0.5) is 11.4 Å². The van der Waals surface area contributed by atoms with Crippen LogP contribution < -0.4 is 11.1 Å². The highest BCUT2D eigenvalue weighted by atomic mass is 35.5. The largest absolute Gasteiger partial charge is 0.397 e. The number of benzene rings is 1. The standard InChI is InChI=1S/C14H16ClN3O2S/c1-9-13(21-8-17-9)4-5-20-7-14(19)18-10-2-3-11(15)12(16)6-10/h2-3,6,8H,4-5,7,16H2,1H3,(H,18,19). The average molecular weight is 326 g/mol. The summed E-state index contributed by atoms with van der Waals surface area (Å²) in [5.74, 6) is -0.224. The number of nitrogens with two attached hydrogens (primary N) is 1. The van der Waals surface area contributed by atoms with Gasteiger partial charge in [0.2, 0.25) is 5.91 Å². The normalized spacial score (nSPS) is 10.6. The number of amides is 1. The molecule has 5 nitrogen and oxygen atoms in total. The summed E-state index contributed by atoms with van der Waals surface area (Å²) >= 11 is 7.41. The van der Waals surface area contributed by atoms with Crippen molar-refractivity contribution in [2.45, 2.75) is 13.3 Å². The molecule has 1 aromatic heterocycles. The lowest BCUT2D eigenvalue weighted by Gasteiger charge is -2.07. The smallest absolute Gasteiger partial charge is 0.250 e. The molecule has 0 aliphatic heterocycles. The van der Waals surface area contributed by atoms with Crippen LogP contribution in [-0.4, -0.2) is 24.1 Å². The van der Waals surface area contributed by atoms with Crippen LogP contribution >= 0.6 is 22.9 Å². The first-order chi connectivity index (χ1) is 10.1. The van der Waals surface area contributed by atoms with Gasteiger partial charge >= 0.3 is 0 Å². The lowest BCUT2D eigenvalue weighted by molar-refractivity contribution is -0.120. The van der Waals surface area contributed by atoms with Gasteiger partial charge in [0.25, 0.3) is 0 Å². The van der Waals surface area contributed by atoms with E-state index in [1.807, 2.05) is 12.4 Å². The number of hydrogen-bond acceptors (Lipinski definition) is 5. The molecule has 112 valence electrons. The summed E-state index contributed by atoms with van der Waals surface area (Å²) in [5, 5.41) is 3.16. The predicted octanol–water partition coefficient (Wildman–Crippen LogP) is 2.88. The molecular weight excluding hydrogens is 310 g/mol. The molecule has 0 saturated carbocycles. The molecule has 0 aliphatic carbocycles. The number of carbonyl (C=O) groups excluding carboxylic acids is 1. The lowest BCUT2D eigenvalue weighted by atomic mass is 10.3. The van der Waals surface area contributed by atoms with E-state index >= 15 is 0 Å². The molecule has 0 bridgehead atoms. The van der Waals surface area contributed by atoms with Crippen LogP contribution in [0.5, 0.6) is 0 Å². The van der Waals surface area contributed by atoms with Crippen molar-refractivity contribution in [2.24, 2.45) is 0 Å². The molecule has 0 fully saturated rings. The van der Waals surface area contributed by atoms with Gasteiger partial charge in [0.1, 0.15) is 6.61 Å². The molecule has 2 aromatic rings. The maximum atomic E-state index is 11.7. The number of aromatic nitrogens is 1. The van der Waals surface area contributed by atoms with E-state index in [0.29, 0.717) is 23.0 Å². The Hall–Kier alpha value is -1.63. The monoisotopic (exact) mass is 325 g/mol. The Labute approximate surface area is 132 Å². The van der Waals surface area contributed by atoms with Gasteiger partial charge in [0, 0.05) is 17.0 Å². The quantitative estimate of drug-likeness (QED) is 0.632. The number of hydrogen-bond donors (Lipinski definition) is 2. The summed E-state index contributed by atoms with van der Waals surface area (Å²) in [7, 11) is 0. The molecule has 21 heavy (non-hydrogen) atoms. The van der Waals surface area contributed by atoms with Gasteiger partial charge in [-0.05, 0) is 25.1 Å². The second-order valence-electron chi connectivity index (χ2n) is 4.45. The molecule has 1 amide bonds. The van der Waals surface area contributed by atoms with Gasteiger partial charge in [-0.15, -0.1) is 11.3 Å². The summed E-state index contributed by atoms with van der Waals surface area (Å²) in [6, 6.07) is 4.94. The summed E-state index contributed by atoms with van der Waals surface area (Å²) in [6.07, 6.45) is 0.762. The summed E-state index contributed by atoms with van der Waals surface area (Å²) < 4.78 is 5.36. The third-order valence-corrected chi connectivity index (χ3v) is 4.17. The molecule has 3 N–H and O–H groups in total. The second-order valence-corrected chi connectivity index (χ2v) is 5.79. The Bertz CT molecular complexity index is 630. The number of carbonyl (C=O) groups is 1. The number of halogens is 1. The molecule has 0 atom stereocenters. The number of nitrogen functional groups attached to an aromatic ring is 1. The van der Waals surface area contributed by atoms with Crippen molar-refractivity contribution >= 4 is 40.2 Å². The van der Waals surface area contributed by atoms with Crippen molar-refractivity contribution in [3.63, 3.8) is 0 Å². The molecule has 0 unspecified atom stereocenters. The number of thiazole rings is 1. The predicted molar refractivity (Wildman–Crippen MR) is 85.9 cm³/mol. The number of ether oxygens (including phenoxy) is 1. The van der Waals surface area contributed by atoms with Crippen LogP contribution in [-0.2, 0) is 16.0 Å². The fourth-order valence-electron chi connectivity index (χ4n) is 1.71. The van der Waals surface area contributed by atoms with E-state index in [1.165, 1.54) is 4.88 Å². The molecule has 1 aromatic carbocycles. The van der Waals surface area contributed by atoms with E-state index in [9.17, 15) is 4.79 Å². The molecule has 0 spiro atoms. The van der Waals surface area contributed by atoms with Crippen molar-refractivity contribution in [3.8, 4) is 0 Å². The average Bonchev–Trinajstić information content (AvgIpc) is 2.85. The van der Waals surface area contributed by atoms with Crippen molar-refractivity contribution in [2.75, 3.05) is 24.3 Å². The first kappa shape index (κ1) is 15.8. The zero-order chi connectivity index (χ0) is 15.2.